The Morgan fingerprint density at radius 2 is 1.80 bits per heavy atom. The average Bonchev–Trinajstić information content (AvgIpc) is 2.45. The molecule has 0 bridgehead atoms. The molecule has 15 heavy (non-hydrogen) atoms. The minimum atomic E-state index is -2.01. The summed E-state index contributed by atoms with van der Waals surface area (Å²) in [6.45, 7) is 3.36. The van der Waals surface area contributed by atoms with E-state index in [1.54, 1.807) is 0 Å². The van der Waals surface area contributed by atoms with Crippen molar-refractivity contribution in [2.45, 2.75) is 26.3 Å². The molecule has 1 rings (SSSR count). The summed E-state index contributed by atoms with van der Waals surface area (Å²) in [4.78, 5) is 0. The van der Waals surface area contributed by atoms with E-state index in [1.807, 2.05) is 7.05 Å². The summed E-state index contributed by atoms with van der Waals surface area (Å²) in [5.74, 6) is 0. The molecule has 7 heteroatoms. The summed E-state index contributed by atoms with van der Waals surface area (Å²) in [6.07, 6.45) is 8.82. The van der Waals surface area contributed by atoms with Gasteiger partial charge in [0.15, 0.2) is 0 Å². The van der Waals surface area contributed by atoms with Crippen molar-refractivity contribution in [1.29, 1.82) is 0 Å². The summed E-state index contributed by atoms with van der Waals surface area (Å²) < 4.78 is 4.28. The molecule has 0 aromatic carbocycles. The third-order valence-electron chi connectivity index (χ3n) is 1.59. The summed E-state index contributed by atoms with van der Waals surface area (Å²) in [5.41, 5.74) is 0. The first-order chi connectivity index (χ1) is 6.83. The molecule has 1 aromatic heterocycles. The van der Waals surface area contributed by atoms with Gasteiger partial charge in [0.25, 0.3) is 0 Å². The molecule has 0 N–H and O–H groups in total. The second-order valence-corrected chi connectivity index (χ2v) is 92.3. The van der Waals surface area contributed by atoms with E-state index in [9.17, 15) is 0 Å². The molecule has 0 radical (unpaired) electrons. The van der Waals surface area contributed by atoms with Crippen LogP contribution in [0, 0.1) is 0 Å². The fourth-order valence-corrected chi connectivity index (χ4v) is 0.975. The normalized spacial score (nSPS) is 10.8. The van der Waals surface area contributed by atoms with Gasteiger partial charge in [-0.1, -0.05) is 13.3 Å². The van der Waals surface area contributed by atoms with Crippen LogP contribution < -0.4 is 4.57 Å². The van der Waals surface area contributed by atoms with Crippen LogP contribution in [-0.2, 0) is 13.6 Å². The second kappa shape index (κ2) is 9.00. The number of rotatable bonds is 3. The first kappa shape index (κ1) is 17.0. The summed E-state index contributed by atoms with van der Waals surface area (Å²) in [5, 5.41) is 0. The predicted octanol–water partition coefficient (Wildman–Crippen LogP) is 4.11. The number of halogens is 4. The van der Waals surface area contributed by atoms with Crippen LogP contribution in [0.2, 0.25) is 0 Å². The van der Waals surface area contributed by atoms with Gasteiger partial charge in [-0.15, -0.1) is 0 Å². The Morgan fingerprint density at radius 1 is 1.27 bits per heavy atom. The van der Waals surface area contributed by atoms with E-state index in [0.29, 0.717) is 0 Å². The second-order valence-electron chi connectivity index (χ2n) is 3.17. The molecule has 0 aliphatic rings. The molecule has 1 aromatic rings. The van der Waals surface area contributed by atoms with Gasteiger partial charge >= 0.3 is 59.8 Å². The van der Waals surface area contributed by atoms with Crippen molar-refractivity contribution < 1.29 is 4.57 Å². The van der Waals surface area contributed by atoms with Crippen molar-refractivity contribution in [3.63, 3.8) is 0 Å². The van der Waals surface area contributed by atoms with E-state index in [4.69, 9.17) is 0 Å². The quantitative estimate of drug-likeness (QED) is 0.482. The van der Waals surface area contributed by atoms with Gasteiger partial charge in [0.2, 0.25) is 6.33 Å². The standard InChI is InChI=1S/C8H15N2.4BrH.In/c1-3-4-5-10-7-6-9(2)8-10;;;;;/h6-8H,3-5H2,1-2H3;4*1H;/q+1;;;;;+3/p-4. The Balaban J connectivity index is 0.000000336. The van der Waals surface area contributed by atoms with Gasteiger partial charge in [-0.3, -0.25) is 0 Å². The number of nitrogens with zero attached hydrogens (tertiary/aromatic N) is 2. The molecule has 0 saturated carbocycles. The Kier molecular flexibility index (Phi) is 10.2. The first-order valence-corrected chi connectivity index (χ1v) is 34.3. The third kappa shape index (κ3) is 13.9. The summed E-state index contributed by atoms with van der Waals surface area (Å²) in [7, 11) is 0.0341. The maximum absolute atomic E-state index is 3.34. The van der Waals surface area contributed by atoms with Crippen LogP contribution in [0.4, 0.5) is 0 Å². The van der Waals surface area contributed by atoms with Crippen molar-refractivity contribution >= 4 is 59.8 Å². The molecular weight excluding hydrogens is 559 g/mol. The van der Waals surface area contributed by atoms with Gasteiger partial charge < -0.3 is 0 Å². The maximum atomic E-state index is 3.34. The summed E-state index contributed by atoms with van der Waals surface area (Å²) >= 11 is 13.4. The monoisotopic (exact) mass is 570 g/mol. The number of aromatic nitrogens is 2. The molecule has 0 unspecified atom stereocenters. The average molecular weight is 574 g/mol. The number of unbranched alkanes of at least 4 members (excludes halogenated alkanes) is 1. The molecule has 88 valence electrons. The van der Waals surface area contributed by atoms with E-state index < -0.39 is 10.7 Å². The molecule has 0 aliphatic carbocycles. The molecule has 0 aliphatic heterocycles. The van der Waals surface area contributed by atoms with Crippen LogP contribution in [0.25, 0.3) is 0 Å². The Hall–Kier alpha value is 2.00. The van der Waals surface area contributed by atoms with E-state index in [2.05, 4.69) is 84.0 Å². The van der Waals surface area contributed by atoms with Crippen molar-refractivity contribution in [3.8, 4) is 0 Å². The van der Waals surface area contributed by atoms with E-state index >= 15 is 0 Å². The van der Waals surface area contributed by atoms with E-state index in [1.165, 1.54) is 12.8 Å². The van der Waals surface area contributed by atoms with Gasteiger partial charge in [0.05, 0.1) is 13.6 Å². The van der Waals surface area contributed by atoms with Crippen LogP contribution in [0.1, 0.15) is 19.8 Å². The Bertz CT molecular complexity index is 266. The molecule has 0 saturated heterocycles. The van der Waals surface area contributed by atoms with Crippen LogP contribution >= 0.6 is 49.2 Å². The topological polar surface area (TPSA) is 8.81 Å². The van der Waals surface area contributed by atoms with Gasteiger partial charge in [-0.25, -0.2) is 9.13 Å². The van der Waals surface area contributed by atoms with Crippen molar-refractivity contribution in [3.05, 3.63) is 18.7 Å². The van der Waals surface area contributed by atoms with Crippen molar-refractivity contribution in [2.24, 2.45) is 7.05 Å². The summed E-state index contributed by atoms with van der Waals surface area (Å²) in [6, 6.07) is 0. The van der Waals surface area contributed by atoms with Crippen LogP contribution in [-0.4, -0.2) is 15.2 Å². The van der Waals surface area contributed by atoms with Gasteiger partial charge in [-0.2, -0.15) is 0 Å². The molecule has 0 spiro atoms. The zero-order chi connectivity index (χ0) is 11.9. The molecular formula is C8H15Br4InN2. The Labute approximate surface area is 119 Å². The van der Waals surface area contributed by atoms with Gasteiger partial charge in [0.1, 0.15) is 12.4 Å². The van der Waals surface area contributed by atoms with Gasteiger partial charge in [-0.05, 0) is 6.42 Å². The zero-order valence-corrected chi connectivity index (χ0v) is 18.5. The van der Waals surface area contributed by atoms with Crippen LogP contribution in [0.5, 0.6) is 0 Å². The fraction of sp³-hybridized carbons (Fsp3) is 0.625. The minimum absolute atomic E-state index is 1.15. The molecule has 0 amide bonds. The van der Waals surface area contributed by atoms with Crippen LogP contribution in [0.3, 0.4) is 0 Å². The number of hydrogen-bond acceptors (Lipinski definition) is 0. The first-order valence-electron chi connectivity index (χ1n) is 4.71. The van der Waals surface area contributed by atoms with E-state index in [0.717, 1.165) is 6.54 Å². The third-order valence-corrected chi connectivity index (χ3v) is 1.59. The van der Waals surface area contributed by atoms with Crippen LogP contribution in [0.15, 0.2) is 18.7 Å². The van der Waals surface area contributed by atoms with Crippen molar-refractivity contribution in [2.75, 3.05) is 0 Å². The predicted molar refractivity (Wildman–Crippen MR) is 82.0 cm³/mol. The number of aryl methyl sites for hydroxylation is 2. The fourth-order valence-electron chi connectivity index (χ4n) is 0.975. The van der Waals surface area contributed by atoms with E-state index in [-0.39, 0.29) is 0 Å². The number of hydrogen-bond donors (Lipinski definition) is 0. The zero-order valence-electron chi connectivity index (χ0n) is 8.84. The van der Waals surface area contributed by atoms with Crippen molar-refractivity contribution in [1.82, 2.24) is 4.57 Å². The SMILES string of the molecule is CCCCn1cc[n+](C)c1.[Br][In-]([Br])([Br])[Br]. The molecule has 1 heterocycles. The van der Waals surface area contributed by atoms with Gasteiger partial charge in [0, 0.05) is 0 Å². The number of imidazole rings is 1. The Morgan fingerprint density at radius 3 is 2.13 bits per heavy atom. The molecule has 0 atom stereocenters. The molecule has 2 nitrogen and oxygen atoms in total. The molecule has 0 fully saturated rings.